The van der Waals surface area contributed by atoms with Crippen molar-refractivity contribution in [3.05, 3.63) is 70.1 Å². The maximum Gasteiger partial charge on any atom is 0.139 e. The predicted molar refractivity (Wildman–Crippen MR) is 105 cm³/mol. The average Bonchev–Trinajstić information content (AvgIpc) is 3.20. The number of aromatic nitrogens is 2. The van der Waals surface area contributed by atoms with Crippen LogP contribution < -0.4 is 5.73 Å². The zero-order valence-corrected chi connectivity index (χ0v) is 16.0. The van der Waals surface area contributed by atoms with Gasteiger partial charge in [-0.25, -0.2) is 4.98 Å². The molecule has 2 aromatic heterocycles. The van der Waals surface area contributed by atoms with Gasteiger partial charge in [-0.15, -0.1) is 0 Å². The van der Waals surface area contributed by atoms with Crippen molar-refractivity contribution in [3.63, 3.8) is 0 Å². The molecule has 130 valence electrons. The van der Waals surface area contributed by atoms with Gasteiger partial charge in [-0.1, -0.05) is 30.3 Å². The van der Waals surface area contributed by atoms with Crippen LogP contribution in [0, 0.1) is 12.8 Å². The third-order valence-electron chi connectivity index (χ3n) is 5.27. The van der Waals surface area contributed by atoms with Crippen molar-refractivity contribution in [2.24, 2.45) is 11.7 Å². The molecule has 0 bridgehead atoms. The number of aryl methyl sites for hydroxylation is 1. The molecular weight excluding hydrogens is 376 g/mol. The van der Waals surface area contributed by atoms with Crippen LogP contribution in [0.1, 0.15) is 22.7 Å². The van der Waals surface area contributed by atoms with E-state index in [9.17, 15) is 0 Å². The van der Waals surface area contributed by atoms with E-state index >= 15 is 0 Å². The van der Waals surface area contributed by atoms with E-state index in [0.29, 0.717) is 11.8 Å². The standard InChI is InChI=1S/C20H23BrN4/c1-14-7-17(21)11-25-18(9-23-20(14)25)12-24-10-16(8-22)19(13-24)15-5-3-2-4-6-15/h2-7,9,11,16,19H,8,10,12-13,22H2,1H3/t16-,19+/m1/s1. The molecule has 0 amide bonds. The zero-order chi connectivity index (χ0) is 17.4. The van der Waals surface area contributed by atoms with Crippen LogP contribution in [0.2, 0.25) is 0 Å². The highest BCUT2D eigenvalue weighted by Crippen LogP contribution is 2.33. The first kappa shape index (κ1) is 16.8. The summed E-state index contributed by atoms with van der Waals surface area (Å²) in [4.78, 5) is 7.12. The Kier molecular flexibility index (Phi) is 4.63. The molecular formula is C20H23BrN4. The van der Waals surface area contributed by atoms with E-state index in [0.717, 1.165) is 36.3 Å². The highest BCUT2D eigenvalue weighted by molar-refractivity contribution is 9.10. The lowest BCUT2D eigenvalue weighted by molar-refractivity contribution is 0.312. The van der Waals surface area contributed by atoms with E-state index in [1.54, 1.807) is 0 Å². The molecule has 0 aliphatic carbocycles. The Hall–Kier alpha value is -1.69. The Morgan fingerprint density at radius 1 is 1.24 bits per heavy atom. The quantitative estimate of drug-likeness (QED) is 0.730. The highest BCUT2D eigenvalue weighted by Gasteiger charge is 2.33. The zero-order valence-electron chi connectivity index (χ0n) is 14.4. The van der Waals surface area contributed by atoms with Gasteiger partial charge in [-0.05, 0) is 52.5 Å². The van der Waals surface area contributed by atoms with Crippen LogP contribution in [0.3, 0.4) is 0 Å². The smallest absolute Gasteiger partial charge is 0.139 e. The third kappa shape index (κ3) is 3.24. The number of nitrogens with two attached hydrogens (primary N) is 1. The Morgan fingerprint density at radius 2 is 2.04 bits per heavy atom. The van der Waals surface area contributed by atoms with Gasteiger partial charge in [-0.2, -0.15) is 0 Å². The van der Waals surface area contributed by atoms with Crippen molar-refractivity contribution < 1.29 is 0 Å². The Bertz CT molecular complexity index is 874. The van der Waals surface area contributed by atoms with Gasteiger partial charge in [0, 0.05) is 36.2 Å². The molecule has 0 radical (unpaired) electrons. The lowest BCUT2D eigenvalue weighted by Crippen LogP contribution is -2.23. The molecule has 1 aromatic carbocycles. The molecule has 2 N–H and O–H groups in total. The molecule has 1 fully saturated rings. The largest absolute Gasteiger partial charge is 0.330 e. The number of nitrogens with zero attached hydrogens (tertiary/aromatic N) is 3. The van der Waals surface area contributed by atoms with E-state index in [1.165, 1.54) is 16.8 Å². The molecule has 25 heavy (non-hydrogen) atoms. The van der Waals surface area contributed by atoms with Crippen molar-refractivity contribution in [2.45, 2.75) is 19.4 Å². The van der Waals surface area contributed by atoms with E-state index in [2.05, 4.69) is 79.7 Å². The van der Waals surface area contributed by atoms with Gasteiger partial charge in [0.25, 0.3) is 0 Å². The van der Waals surface area contributed by atoms with E-state index < -0.39 is 0 Å². The molecule has 0 saturated carbocycles. The summed E-state index contributed by atoms with van der Waals surface area (Å²) in [5.74, 6) is 1.02. The van der Waals surface area contributed by atoms with Crippen molar-refractivity contribution in [2.75, 3.05) is 19.6 Å². The van der Waals surface area contributed by atoms with Gasteiger partial charge < -0.3 is 10.1 Å². The predicted octanol–water partition coefficient (Wildman–Crippen LogP) is 3.58. The summed E-state index contributed by atoms with van der Waals surface area (Å²) in [6.07, 6.45) is 4.11. The molecule has 5 heteroatoms. The second-order valence-electron chi connectivity index (χ2n) is 6.99. The first-order valence-corrected chi connectivity index (χ1v) is 9.54. The van der Waals surface area contributed by atoms with Gasteiger partial charge in [0.05, 0.1) is 11.9 Å². The van der Waals surface area contributed by atoms with Crippen LogP contribution in [0.5, 0.6) is 0 Å². The minimum Gasteiger partial charge on any atom is -0.330 e. The first-order chi connectivity index (χ1) is 12.2. The second kappa shape index (κ2) is 6.90. The van der Waals surface area contributed by atoms with Gasteiger partial charge in [0.15, 0.2) is 0 Å². The number of hydrogen-bond donors (Lipinski definition) is 1. The molecule has 1 aliphatic rings. The van der Waals surface area contributed by atoms with Gasteiger partial charge in [0.1, 0.15) is 5.65 Å². The van der Waals surface area contributed by atoms with Gasteiger partial charge >= 0.3 is 0 Å². The summed E-state index contributed by atoms with van der Waals surface area (Å²) in [5, 5.41) is 0. The normalized spacial score (nSPS) is 21.2. The summed E-state index contributed by atoms with van der Waals surface area (Å²) in [7, 11) is 0. The minimum atomic E-state index is 0.509. The van der Waals surface area contributed by atoms with Crippen molar-refractivity contribution >= 4 is 21.6 Å². The molecule has 0 unspecified atom stereocenters. The van der Waals surface area contributed by atoms with Crippen LogP contribution >= 0.6 is 15.9 Å². The molecule has 3 heterocycles. The van der Waals surface area contributed by atoms with Crippen LogP contribution in [0.4, 0.5) is 0 Å². The number of likely N-dealkylation sites (tertiary alicyclic amines) is 1. The van der Waals surface area contributed by atoms with Crippen molar-refractivity contribution in [3.8, 4) is 0 Å². The number of benzene rings is 1. The SMILES string of the molecule is Cc1cc(Br)cn2c(CN3C[C@@H](CN)[C@H](c4ccccc4)C3)cnc12. The molecule has 0 spiro atoms. The van der Waals surface area contributed by atoms with Gasteiger partial charge in [-0.3, -0.25) is 4.90 Å². The van der Waals surface area contributed by atoms with Crippen LogP contribution in [0.25, 0.3) is 5.65 Å². The molecule has 1 saturated heterocycles. The second-order valence-corrected chi connectivity index (χ2v) is 7.91. The Balaban J connectivity index is 1.58. The molecule has 4 rings (SSSR count). The number of imidazole rings is 1. The topological polar surface area (TPSA) is 46.6 Å². The van der Waals surface area contributed by atoms with E-state index in [-0.39, 0.29) is 0 Å². The minimum absolute atomic E-state index is 0.509. The number of pyridine rings is 1. The summed E-state index contributed by atoms with van der Waals surface area (Å²) < 4.78 is 3.28. The van der Waals surface area contributed by atoms with Crippen molar-refractivity contribution in [1.29, 1.82) is 0 Å². The third-order valence-corrected chi connectivity index (χ3v) is 5.70. The average molecular weight is 399 g/mol. The summed E-state index contributed by atoms with van der Waals surface area (Å²) in [6.45, 7) is 5.82. The fourth-order valence-electron chi connectivity index (χ4n) is 4.02. The fraction of sp³-hybridized carbons (Fsp3) is 0.350. The van der Waals surface area contributed by atoms with Crippen LogP contribution in [0.15, 0.2) is 53.3 Å². The lowest BCUT2D eigenvalue weighted by Gasteiger charge is -2.16. The molecule has 1 aliphatic heterocycles. The number of hydrogen-bond acceptors (Lipinski definition) is 3. The van der Waals surface area contributed by atoms with E-state index in [1.807, 2.05) is 6.20 Å². The van der Waals surface area contributed by atoms with Gasteiger partial charge in [0.2, 0.25) is 0 Å². The maximum absolute atomic E-state index is 6.08. The van der Waals surface area contributed by atoms with Crippen LogP contribution in [-0.2, 0) is 6.54 Å². The maximum atomic E-state index is 6.08. The highest BCUT2D eigenvalue weighted by atomic mass is 79.9. The molecule has 2 atom stereocenters. The molecule has 4 nitrogen and oxygen atoms in total. The first-order valence-electron chi connectivity index (χ1n) is 8.75. The summed E-state index contributed by atoms with van der Waals surface area (Å²) >= 11 is 3.60. The lowest BCUT2D eigenvalue weighted by atomic mass is 9.89. The number of halogens is 1. The summed E-state index contributed by atoms with van der Waals surface area (Å²) in [5.41, 5.74) is 10.9. The summed E-state index contributed by atoms with van der Waals surface area (Å²) in [6, 6.07) is 12.9. The number of rotatable bonds is 4. The van der Waals surface area contributed by atoms with Crippen LogP contribution in [-0.4, -0.2) is 33.9 Å². The van der Waals surface area contributed by atoms with E-state index in [4.69, 9.17) is 5.73 Å². The Morgan fingerprint density at radius 3 is 2.80 bits per heavy atom. The van der Waals surface area contributed by atoms with Crippen molar-refractivity contribution in [1.82, 2.24) is 14.3 Å². The Labute approximate surface area is 156 Å². The fourth-order valence-corrected chi connectivity index (χ4v) is 4.56. The molecule has 3 aromatic rings. The monoisotopic (exact) mass is 398 g/mol. The number of fused-ring (bicyclic) bond motifs is 1.